The Labute approximate surface area is 176 Å². The Kier molecular flexibility index (Phi) is 5.28. The van der Waals surface area contributed by atoms with Crippen LogP contribution in [0.3, 0.4) is 0 Å². The molecule has 2 N–H and O–H groups in total. The molecule has 0 radical (unpaired) electrons. The molecule has 6 heteroatoms. The first-order valence-corrected chi connectivity index (χ1v) is 10.4. The SMILES string of the molecule is Cc1cc(C)cc(C(=O)C2(N(N)C(=O)c3ccc4c(c3C)OCO4)CCCCC2)c1. The lowest BCUT2D eigenvalue weighted by Gasteiger charge is -2.42. The number of rotatable bonds is 4. The van der Waals surface area contributed by atoms with E-state index in [9.17, 15) is 9.59 Å². The topological polar surface area (TPSA) is 81.9 Å². The molecule has 0 aromatic heterocycles. The van der Waals surface area contributed by atoms with E-state index in [4.69, 9.17) is 15.3 Å². The van der Waals surface area contributed by atoms with Crippen molar-refractivity contribution in [3.8, 4) is 11.5 Å². The lowest BCUT2D eigenvalue weighted by atomic mass is 9.75. The van der Waals surface area contributed by atoms with Gasteiger partial charge in [0.2, 0.25) is 6.79 Å². The molecule has 0 atom stereocenters. The van der Waals surface area contributed by atoms with Crippen LogP contribution in [-0.2, 0) is 0 Å². The van der Waals surface area contributed by atoms with Gasteiger partial charge in [0, 0.05) is 16.7 Å². The Bertz CT molecular complexity index is 988. The summed E-state index contributed by atoms with van der Waals surface area (Å²) in [6, 6.07) is 9.22. The van der Waals surface area contributed by atoms with Crippen molar-refractivity contribution in [2.45, 2.75) is 58.4 Å². The molecule has 1 heterocycles. The van der Waals surface area contributed by atoms with E-state index in [2.05, 4.69) is 0 Å². The molecule has 2 aliphatic rings. The number of carbonyl (C=O) groups excluding carboxylic acids is 2. The fraction of sp³-hybridized carbons (Fsp3) is 0.417. The smallest absolute Gasteiger partial charge is 0.269 e. The van der Waals surface area contributed by atoms with Gasteiger partial charge in [-0.1, -0.05) is 36.5 Å². The second kappa shape index (κ2) is 7.76. The van der Waals surface area contributed by atoms with Crippen LogP contribution in [-0.4, -0.2) is 29.0 Å². The predicted molar refractivity (Wildman–Crippen MR) is 114 cm³/mol. The van der Waals surface area contributed by atoms with E-state index in [0.29, 0.717) is 41.0 Å². The minimum atomic E-state index is -1.04. The predicted octanol–water partition coefficient (Wildman–Crippen LogP) is 4.24. The van der Waals surface area contributed by atoms with Gasteiger partial charge in [0.25, 0.3) is 5.91 Å². The van der Waals surface area contributed by atoms with E-state index >= 15 is 0 Å². The molecule has 0 unspecified atom stereocenters. The maximum absolute atomic E-state index is 13.8. The summed E-state index contributed by atoms with van der Waals surface area (Å²) in [5.41, 5.74) is 2.71. The summed E-state index contributed by atoms with van der Waals surface area (Å²) in [4.78, 5) is 27.2. The Morgan fingerprint density at radius 3 is 2.30 bits per heavy atom. The third-order valence-electron chi connectivity index (χ3n) is 6.29. The largest absolute Gasteiger partial charge is 0.454 e. The van der Waals surface area contributed by atoms with Crippen molar-refractivity contribution >= 4 is 11.7 Å². The third-order valence-corrected chi connectivity index (χ3v) is 6.29. The number of hydrogen-bond donors (Lipinski definition) is 1. The number of ketones is 1. The van der Waals surface area contributed by atoms with E-state index in [1.54, 1.807) is 12.1 Å². The molecular formula is C24H28N2O4. The fourth-order valence-electron chi connectivity index (χ4n) is 4.76. The molecular weight excluding hydrogens is 380 g/mol. The van der Waals surface area contributed by atoms with Gasteiger partial charge in [0.1, 0.15) is 5.54 Å². The van der Waals surface area contributed by atoms with E-state index < -0.39 is 5.54 Å². The highest BCUT2D eigenvalue weighted by Gasteiger charge is 2.47. The summed E-state index contributed by atoms with van der Waals surface area (Å²) >= 11 is 0. The van der Waals surface area contributed by atoms with Crippen molar-refractivity contribution in [1.82, 2.24) is 5.01 Å². The van der Waals surface area contributed by atoms with Crippen LogP contribution < -0.4 is 15.3 Å². The van der Waals surface area contributed by atoms with Gasteiger partial charge >= 0.3 is 0 Å². The minimum absolute atomic E-state index is 0.0803. The maximum atomic E-state index is 13.8. The number of fused-ring (bicyclic) bond motifs is 1. The summed E-state index contributed by atoms with van der Waals surface area (Å²) in [6.07, 6.45) is 3.87. The molecule has 1 amide bonds. The quantitative estimate of drug-likeness (QED) is 0.354. The molecule has 6 nitrogen and oxygen atoms in total. The van der Waals surface area contributed by atoms with Crippen molar-refractivity contribution in [3.63, 3.8) is 0 Å². The number of nitrogens with zero attached hydrogens (tertiary/aromatic N) is 1. The van der Waals surface area contributed by atoms with E-state index in [1.165, 1.54) is 5.01 Å². The van der Waals surface area contributed by atoms with Crippen molar-refractivity contribution in [2.75, 3.05) is 6.79 Å². The molecule has 158 valence electrons. The van der Waals surface area contributed by atoms with Crippen LogP contribution in [0.4, 0.5) is 0 Å². The Balaban J connectivity index is 1.73. The van der Waals surface area contributed by atoms with Gasteiger partial charge in [-0.2, -0.15) is 0 Å². The molecule has 1 aliphatic heterocycles. The monoisotopic (exact) mass is 408 g/mol. The van der Waals surface area contributed by atoms with Crippen molar-refractivity contribution in [3.05, 3.63) is 58.1 Å². The van der Waals surface area contributed by atoms with Crippen LogP contribution in [0.1, 0.15) is 69.5 Å². The normalized spacial score (nSPS) is 16.9. The Morgan fingerprint density at radius 2 is 1.63 bits per heavy atom. The summed E-state index contributed by atoms with van der Waals surface area (Å²) in [7, 11) is 0. The van der Waals surface area contributed by atoms with Crippen LogP contribution in [0, 0.1) is 20.8 Å². The Hall–Kier alpha value is -2.86. The summed E-state index contributed by atoms with van der Waals surface area (Å²) in [5.74, 6) is 7.21. The van der Waals surface area contributed by atoms with Gasteiger partial charge in [-0.15, -0.1) is 0 Å². The van der Waals surface area contributed by atoms with Gasteiger partial charge < -0.3 is 9.47 Å². The first kappa shape index (κ1) is 20.4. The summed E-state index contributed by atoms with van der Waals surface area (Å²) < 4.78 is 10.9. The molecule has 0 bridgehead atoms. The second-order valence-corrected chi connectivity index (χ2v) is 8.44. The number of nitrogens with two attached hydrogens (primary N) is 1. The number of aryl methyl sites for hydroxylation is 2. The highest BCUT2D eigenvalue weighted by Crippen LogP contribution is 2.40. The highest BCUT2D eigenvalue weighted by molar-refractivity contribution is 6.07. The molecule has 2 aromatic rings. The highest BCUT2D eigenvalue weighted by atomic mass is 16.7. The van der Waals surface area contributed by atoms with Crippen molar-refractivity contribution in [2.24, 2.45) is 5.84 Å². The number of ether oxygens (including phenoxy) is 2. The van der Waals surface area contributed by atoms with E-state index in [1.807, 2.05) is 39.0 Å². The minimum Gasteiger partial charge on any atom is -0.454 e. The number of benzene rings is 2. The van der Waals surface area contributed by atoms with Crippen LogP contribution in [0.5, 0.6) is 11.5 Å². The molecule has 0 spiro atoms. The average Bonchev–Trinajstić information content (AvgIpc) is 3.22. The molecule has 4 rings (SSSR count). The average molecular weight is 408 g/mol. The first-order valence-electron chi connectivity index (χ1n) is 10.4. The number of hydrogen-bond acceptors (Lipinski definition) is 5. The van der Waals surface area contributed by atoms with Gasteiger partial charge in [-0.25, -0.2) is 5.84 Å². The van der Waals surface area contributed by atoms with E-state index in [-0.39, 0.29) is 18.5 Å². The number of Topliss-reactive ketones (excluding diaryl/α,β-unsaturated/α-hetero) is 1. The zero-order valence-electron chi connectivity index (χ0n) is 17.8. The summed E-state index contributed by atoms with van der Waals surface area (Å²) in [6.45, 7) is 5.89. The molecule has 1 aliphatic carbocycles. The van der Waals surface area contributed by atoms with Crippen molar-refractivity contribution < 1.29 is 19.1 Å². The Morgan fingerprint density at radius 1 is 0.967 bits per heavy atom. The van der Waals surface area contributed by atoms with Crippen LogP contribution in [0.15, 0.2) is 30.3 Å². The van der Waals surface area contributed by atoms with Gasteiger partial charge in [0.05, 0.1) is 0 Å². The van der Waals surface area contributed by atoms with Crippen LogP contribution in [0.2, 0.25) is 0 Å². The number of amides is 1. The molecule has 0 saturated heterocycles. The van der Waals surface area contributed by atoms with Crippen molar-refractivity contribution in [1.29, 1.82) is 0 Å². The van der Waals surface area contributed by atoms with E-state index in [0.717, 1.165) is 30.4 Å². The van der Waals surface area contributed by atoms with Gasteiger partial charge in [0.15, 0.2) is 17.3 Å². The lowest BCUT2D eigenvalue weighted by molar-refractivity contribution is 0.0295. The van der Waals surface area contributed by atoms with Crippen LogP contribution in [0.25, 0.3) is 0 Å². The second-order valence-electron chi connectivity index (χ2n) is 8.44. The number of carbonyl (C=O) groups is 2. The number of hydrazine groups is 1. The van der Waals surface area contributed by atoms with Gasteiger partial charge in [-0.05, 0) is 57.9 Å². The van der Waals surface area contributed by atoms with Gasteiger partial charge in [-0.3, -0.25) is 14.6 Å². The molecule has 1 saturated carbocycles. The molecule has 30 heavy (non-hydrogen) atoms. The molecule has 1 fully saturated rings. The maximum Gasteiger partial charge on any atom is 0.269 e. The zero-order valence-corrected chi connectivity index (χ0v) is 17.8. The zero-order chi connectivity index (χ0) is 21.5. The standard InChI is InChI=1S/C24H28N2O4/c1-15-11-16(2)13-18(12-15)22(27)24(9-5-4-6-10-24)26(25)23(28)19-7-8-20-21(17(19)3)30-14-29-20/h7-8,11-13H,4-6,9-10,14,25H2,1-3H3. The first-order chi connectivity index (χ1) is 14.3. The summed E-state index contributed by atoms with van der Waals surface area (Å²) in [5, 5.41) is 1.19. The fourth-order valence-corrected chi connectivity index (χ4v) is 4.76. The lowest BCUT2D eigenvalue weighted by Crippen LogP contribution is -2.61. The molecule has 2 aromatic carbocycles. The van der Waals surface area contributed by atoms with Crippen LogP contribution >= 0.6 is 0 Å². The third kappa shape index (κ3) is 3.35.